The summed E-state index contributed by atoms with van der Waals surface area (Å²) in [5.74, 6) is -4.91. The van der Waals surface area contributed by atoms with E-state index in [0.29, 0.717) is 12.1 Å². The summed E-state index contributed by atoms with van der Waals surface area (Å²) in [5, 5.41) is 11.1. The molecular formula is C12H5Cl2F2NO3S. The summed E-state index contributed by atoms with van der Waals surface area (Å²) in [7, 11) is 0. The van der Waals surface area contributed by atoms with Crippen molar-refractivity contribution in [2.75, 3.05) is 5.32 Å². The zero-order valence-corrected chi connectivity index (χ0v) is 12.2. The SMILES string of the molecule is O=C(O)c1cc(F)c(F)cc1NC(=O)c1cc(Cl)sc1Cl. The fourth-order valence-corrected chi connectivity index (χ4v) is 2.97. The van der Waals surface area contributed by atoms with E-state index in [-0.39, 0.29) is 19.9 Å². The van der Waals surface area contributed by atoms with Crippen molar-refractivity contribution in [1.82, 2.24) is 0 Å². The van der Waals surface area contributed by atoms with Crippen molar-refractivity contribution in [3.05, 3.63) is 49.6 Å². The molecule has 0 fully saturated rings. The van der Waals surface area contributed by atoms with Crippen molar-refractivity contribution in [3.8, 4) is 0 Å². The van der Waals surface area contributed by atoms with Gasteiger partial charge < -0.3 is 10.4 Å². The van der Waals surface area contributed by atoms with Crippen molar-refractivity contribution >= 4 is 52.1 Å². The fraction of sp³-hybridized carbons (Fsp3) is 0. The van der Waals surface area contributed by atoms with Crippen LogP contribution in [0.4, 0.5) is 14.5 Å². The van der Waals surface area contributed by atoms with E-state index in [4.69, 9.17) is 28.3 Å². The van der Waals surface area contributed by atoms with Crippen molar-refractivity contribution in [2.24, 2.45) is 0 Å². The number of amides is 1. The lowest BCUT2D eigenvalue weighted by atomic mass is 10.1. The molecule has 0 unspecified atom stereocenters. The predicted molar refractivity (Wildman–Crippen MR) is 75.6 cm³/mol. The minimum Gasteiger partial charge on any atom is -0.478 e. The van der Waals surface area contributed by atoms with Crippen molar-refractivity contribution < 1.29 is 23.5 Å². The minimum absolute atomic E-state index is 0.00717. The van der Waals surface area contributed by atoms with E-state index in [2.05, 4.69) is 5.32 Å². The highest BCUT2D eigenvalue weighted by Gasteiger charge is 2.20. The van der Waals surface area contributed by atoms with Crippen LogP contribution in [0.2, 0.25) is 8.67 Å². The van der Waals surface area contributed by atoms with Gasteiger partial charge in [-0.2, -0.15) is 0 Å². The minimum atomic E-state index is -1.52. The number of carboxylic acid groups (broad SMARTS) is 1. The number of carboxylic acids is 1. The van der Waals surface area contributed by atoms with Gasteiger partial charge in [0.25, 0.3) is 5.91 Å². The van der Waals surface area contributed by atoms with Crippen LogP contribution in [-0.4, -0.2) is 17.0 Å². The molecule has 0 saturated carbocycles. The van der Waals surface area contributed by atoms with Crippen LogP contribution in [0.25, 0.3) is 0 Å². The summed E-state index contributed by atoms with van der Waals surface area (Å²) in [5.41, 5.74) is -0.961. The van der Waals surface area contributed by atoms with Crippen molar-refractivity contribution in [2.45, 2.75) is 0 Å². The lowest BCUT2D eigenvalue weighted by Gasteiger charge is -2.08. The Morgan fingerprint density at radius 1 is 1.10 bits per heavy atom. The molecule has 1 aromatic carbocycles. The van der Waals surface area contributed by atoms with Crippen LogP contribution in [0.1, 0.15) is 20.7 Å². The monoisotopic (exact) mass is 351 g/mol. The summed E-state index contributed by atoms with van der Waals surface area (Å²) < 4.78 is 26.6. The van der Waals surface area contributed by atoms with Crippen LogP contribution in [0, 0.1) is 11.6 Å². The van der Waals surface area contributed by atoms with E-state index in [1.54, 1.807) is 0 Å². The number of carbonyl (C=O) groups is 2. The van der Waals surface area contributed by atoms with Gasteiger partial charge in [0, 0.05) is 6.07 Å². The van der Waals surface area contributed by atoms with E-state index in [0.717, 1.165) is 11.3 Å². The molecule has 1 aromatic heterocycles. The predicted octanol–water partition coefficient (Wildman–Crippen LogP) is 4.28. The van der Waals surface area contributed by atoms with E-state index in [1.807, 2.05) is 0 Å². The zero-order valence-electron chi connectivity index (χ0n) is 9.92. The number of hydrogen-bond acceptors (Lipinski definition) is 3. The molecule has 1 amide bonds. The van der Waals surface area contributed by atoms with Gasteiger partial charge in [-0.3, -0.25) is 4.79 Å². The maximum atomic E-state index is 13.2. The van der Waals surface area contributed by atoms with Crippen LogP contribution in [-0.2, 0) is 0 Å². The first-order chi connectivity index (χ1) is 9.79. The normalized spacial score (nSPS) is 10.5. The Morgan fingerprint density at radius 2 is 1.71 bits per heavy atom. The van der Waals surface area contributed by atoms with Crippen LogP contribution in [0.15, 0.2) is 18.2 Å². The van der Waals surface area contributed by atoms with Gasteiger partial charge in [0.15, 0.2) is 11.6 Å². The Balaban J connectivity index is 2.39. The first kappa shape index (κ1) is 15.7. The van der Waals surface area contributed by atoms with Crippen LogP contribution < -0.4 is 5.32 Å². The Hall–Kier alpha value is -1.70. The van der Waals surface area contributed by atoms with Gasteiger partial charge in [0.05, 0.1) is 21.2 Å². The lowest BCUT2D eigenvalue weighted by Crippen LogP contribution is -2.15. The third-order valence-corrected chi connectivity index (χ3v) is 3.93. The summed E-state index contributed by atoms with van der Waals surface area (Å²) in [6, 6.07) is 2.35. The van der Waals surface area contributed by atoms with Gasteiger partial charge in [0.2, 0.25) is 0 Å². The molecule has 0 atom stereocenters. The molecule has 0 saturated heterocycles. The Kier molecular flexibility index (Phi) is 4.46. The van der Waals surface area contributed by atoms with Crippen molar-refractivity contribution in [3.63, 3.8) is 0 Å². The molecule has 4 nitrogen and oxygen atoms in total. The second kappa shape index (κ2) is 5.97. The Bertz CT molecular complexity index is 748. The molecule has 0 radical (unpaired) electrons. The molecule has 1 heterocycles. The number of benzene rings is 1. The third kappa shape index (κ3) is 3.31. The maximum absolute atomic E-state index is 13.2. The molecular weight excluding hydrogens is 347 g/mol. The smallest absolute Gasteiger partial charge is 0.337 e. The summed E-state index contributed by atoms with van der Waals surface area (Å²) in [4.78, 5) is 23.0. The summed E-state index contributed by atoms with van der Waals surface area (Å²) in [6.07, 6.45) is 0. The number of anilines is 1. The molecule has 0 spiro atoms. The number of aromatic carboxylic acids is 1. The second-order valence-corrected chi connectivity index (χ2v) is 6.09. The summed E-state index contributed by atoms with van der Waals surface area (Å²) >= 11 is 12.4. The molecule has 0 aliphatic carbocycles. The van der Waals surface area contributed by atoms with Gasteiger partial charge in [-0.1, -0.05) is 23.2 Å². The largest absolute Gasteiger partial charge is 0.478 e. The lowest BCUT2D eigenvalue weighted by molar-refractivity contribution is 0.0697. The number of carbonyl (C=O) groups excluding carboxylic acids is 1. The van der Waals surface area contributed by atoms with Gasteiger partial charge in [0.1, 0.15) is 4.34 Å². The zero-order chi connectivity index (χ0) is 15.7. The first-order valence-corrected chi connectivity index (χ1v) is 6.85. The van der Waals surface area contributed by atoms with Crippen molar-refractivity contribution in [1.29, 1.82) is 0 Å². The number of thiophene rings is 1. The average molecular weight is 352 g/mol. The van der Waals surface area contributed by atoms with Gasteiger partial charge in [-0.05, 0) is 12.1 Å². The maximum Gasteiger partial charge on any atom is 0.337 e. The second-order valence-electron chi connectivity index (χ2n) is 3.81. The highest BCUT2D eigenvalue weighted by atomic mass is 35.5. The standard InChI is InChI=1S/C12H5Cl2F2NO3S/c13-9-2-5(10(14)21-9)11(18)17-8-3-7(16)6(15)1-4(8)12(19)20/h1-3H,(H,17,18)(H,19,20). The molecule has 0 aliphatic heterocycles. The van der Waals surface area contributed by atoms with Crippen LogP contribution in [0.3, 0.4) is 0 Å². The van der Waals surface area contributed by atoms with Crippen LogP contribution >= 0.6 is 34.5 Å². The average Bonchev–Trinajstić information content (AvgIpc) is 2.72. The Morgan fingerprint density at radius 3 is 2.24 bits per heavy atom. The van der Waals surface area contributed by atoms with E-state index >= 15 is 0 Å². The molecule has 2 aromatic rings. The quantitative estimate of drug-likeness (QED) is 0.866. The molecule has 110 valence electrons. The first-order valence-electron chi connectivity index (χ1n) is 5.28. The highest BCUT2D eigenvalue weighted by Crippen LogP contribution is 2.32. The van der Waals surface area contributed by atoms with E-state index < -0.39 is 29.1 Å². The molecule has 9 heteroatoms. The van der Waals surface area contributed by atoms with E-state index in [9.17, 15) is 18.4 Å². The van der Waals surface area contributed by atoms with Gasteiger partial charge >= 0.3 is 5.97 Å². The van der Waals surface area contributed by atoms with Gasteiger partial charge in [-0.25, -0.2) is 13.6 Å². The molecule has 21 heavy (non-hydrogen) atoms. The number of halogens is 4. The molecule has 2 rings (SSSR count). The number of rotatable bonds is 3. The summed E-state index contributed by atoms with van der Waals surface area (Å²) in [6.45, 7) is 0. The topological polar surface area (TPSA) is 66.4 Å². The fourth-order valence-electron chi connectivity index (χ4n) is 1.51. The third-order valence-electron chi connectivity index (χ3n) is 2.44. The molecule has 2 N–H and O–H groups in total. The number of hydrogen-bond donors (Lipinski definition) is 2. The van der Waals surface area contributed by atoms with E-state index in [1.165, 1.54) is 6.07 Å². The molecule has 0 aliphatic rings. The Labute approximate surface area is 130 Å². The van der Waals surface area contributed by atoms with Crippen LogP contribution in [0.5, 0.6) is 0 Å². The van der Waals surface area contributed by atoms with Gasteiger partial charge in [-0.15, -0.1) is 11.3 Å². The highest BCUT2D eigenvalue weighted by molar-refractivity contribution is 7.20. The number of nitrogens with one attached hydrogen (secondary N) is 1. The molecule has 0 bridgehead atoms.